The minimum Gasteiger partial charge on any atom is -0.369 e. The number of rotatable bonds is 4. The SMILES string of the molecule is N#Cc1ccc(N2CCN(C3C=C(c4cc5c([N+](=O)[O-])cc(F)cc5c(=O)[nH]4)CC3)CC2)cc1. The van der Waals surface area contributed by atoms with Crippen LogP contribution in [0.5, 0.6) is 0 Å². The lowest BCUT2D eigenvalue weighted by atomic mass is 10.1. The van der Waals surface area contributed by atoms with E-state index in [1.165, 1.54) is 0 Å². The summed E-state index contributed by atoms with van der Waals surface area (Å²) in [5.41, 5.74) is 2.30. The number of anilines is 1. The number of nitro groups is 1. The van der Waals surface area contributed by atoms with Gasteiger partial charge in [-0.15, -0.1) is 0 Å². The van der Waals surface area contributed by atoms with Crippen LogP contribution >= 0.6 is 0 Å². The van der Waals surface area contributed by atoms with Crippen LogP contribution in [0.1, 0.15) is 24.1 Å². The molecule has 2 heterocycles. The fourth-order valence-corrected chi connectivity index (χ4v) is 4.91. The van der Waals surface area contributed by atoms with Crippen molar-refractivity contribution in [3.05, 3.63) is 86.1 Å². The number of aromatic amines is 1. The molecule has 0 saturated carbocycles. The van der Waals surface area contributed by atoms with Crippen LogP contribution in [0.25, 0.3) is 16.3 Å². The number of allylic oxidation sites excluding steroid dienone is 1. The number of nitrogens with one attached hydrogen (secondary N) is 1. The molecule has 1 atom stereocenters. The molecule has 0 radical (unpaired) electrons. The summed E-state index contributed by atoms with van der Waals surface area (Å²) in [4.78, 5) is 30.8. The van der Waals surface area contributed by atoms with Crippen molar-refractivity contribution in [1.82, 2.24) is 9.88 Å². The second kappa shape index (κ2) is 8.72. The zero-order valence-electron chi connectivity index (χ0n) is 18.3. The maximum Gasteiger partial charge on any atom is 0.280 e. The monoisotopic (exact) mass is 459 g/mol. The van der Waals surface area contributed by atoms with Crippen molar-refractivity contribution in [2.75, 3.05) is 31.1 Å². The molecule has 1 unspecified atom stereocenters. The van der Waals surface area contributed by atoms with Crippen molar-refractivity contribution < 1.29 is 9.31 Å². The number of hydrogen-bond acceptors (Lipinski definition) is 6. The average Bonchev–Trinajstić information content (AvgIpc) is 3.34. The molecule has 0 amide bonds. The van der Waals surface area contributed by atoms with Crippen molar-refractivity contribution in [2.24, 2.45) is 0 Å². The zero-order valence-corrected chi connectivity index (χ0v) is 18.3. The number of piperazine rings is 1. The van der Waals surface area contributed by atoms with Gasteiger partial charge in [-0.3, -0.25) is 19.8 Å². The largest absolute Gasteiger partial charge is 0.369 e. The second-order valence-corrected chi connectivity index (χ2v) is 8.64. The van der Waals surface area contributed by atoms with Gasteiger partial charge >= 0.3 is 0 Å². The predicted molar refractivity (Wildman–Crippen MR) is 127 cm³/mol. The van der Waals surface area contributed by atoms with E-state index in [9.17, 15) is 19.3 Å². The van der Waals surface area contributed by atoms with E-state index < -0.39 is 22.0 Å². The molecule has 1 fully saturated rings. The summed E-state index contributed by atoms with van der Waals surface area (Å²) in [6.45, 7) is 3.51. The highest BCUT2D eigenvalue weighted by Crippen LogP contribution is 2.33. The van der Waals surface area contributed by atoms with Crippen LogP contribution in [0.2, 0.25) is 0 Å². The van der Waals surface area contributed by atoms with Crippen molar-refractivity contribution in [1.29, 1.82) is 5.26 Å². The molecule has 2 aromatic carbocycles. The van der Waals surface area contributed by atoms with E-state index in [0.717, 1.165) is 62.4 Å². The standard InChI is InChI=1S/C25H22FN5O3/c26-18-12-22-21(24(13-18)31(33)34)14-23(28-25(22)32)17-3-6-20(11-17)30-9-7-29(8-10-30)19-4-1-16(15-27)2-5-19/h1-2,4-5,11-14,20H,3,6-10H2,(H,28,32). The number of nitrogens with zero attached hydrogens (tertiary/aromatic N) is 4. The maximum absolute atomic E-state index is 13.8. The Labute approximate surface area is 194 Å². The molecule has 0 spiro atoms. The zero-order chi connectivity index (χ0) is 23.8. The van der Waals surface area contributed by atoms with Gasteiger partial charge in [0.1, 0.15) is 5.82 Å². The van der Waals surface area contributed by atoms with Gasteiger partial charge in [0.05, 0.1) is 33.4 Å². The van der Waals surface area contributed by atoms with Gasteiger partial charge in [-0.2, -0.15) is 5.26 Å². The molecule has 1 aromatic heterocycles. The molecule has 1 aliphatic carbocycles. The molecule has 1 N–H and O–H groups in total. The van der Waals surface area contributed by atoms with Crippen LogP contribution in [-0.2, 0) is 0 Å². The van der Waals surface area contributed by atoms with E-state index in [4.69, 9.17) is 5.26 Å². The van der Waals surface area contributed by atoms with E-state index in [0.29, 0.717) is 11.3 Å². The van der Waals surface area contributed by atoms with Crippen LogP contribution < -0.4 is 10.5 Å². The number of fused-ring (bicyclic) bond motifs is 1. The number of nitriles is 1. The van der Waals surface area contributed by atoms with Crippen molar-refractivity contribution in [3.63, 3.8) is 0 Å². The summed E-state index contributed by atoms with van der Waals surface area (Å²) in [6, 6.07) is 13.4. The Morgan fingerprint density at radius 3 is 2.50 bits per heavy atom. The highest BCUT2D eigenvalue weighted by molar-refractivity contribution is 5.92. The second-order valence-electron chi connectivity index (χ2n) is 8.64. The molecule has 9 heteroatoms. The first-order chi connectivity index (χ1) is 16.4. The predicted octanol–water partition coefficient (Wildman–Crippen LogP) is 3.82. The minimum absolute atomic E-state index is 0.0236. The first-order valence-electron chi connectivity index (χ1n) is 11.1. The number of hydrogen-bond donors (Lipinski definition) is 1. The quantitative estimate of drug-likeness (QED) is 0.470. The van der Waals surface area contributed by atoms with Gasteiger partial charge in [-0.1, -0.05) is 6.08 Å². The Morgan fingerprint density at radius 2 is 1.82 bits per heavy atom. The summed E-state index contributed by atoms with van der Waals surface area (Å²) in [6.07, 6.45) is 3.78. The molecule has 1 aliphatic heterocycles. The third-order valence-corrected chi connectivity index (χ3v) is 6.69. The Morgan fingerprint density at radius 1 is 1.09 bits per heavy atom. The summed E-state index contributed by atoms with van der Waals surface area (Å²) < 4.78 is 13.8. The van der Waals surface area contributed by atoms with Crippen LogP contribution in [0.4, 0.5) is 15.8 Å². The topological polar surface area (TPSA) is 106 Å². The third-order valence-electron chi connectivity index (χ3n) is 6.69. The van der Waals surface area contributed by atoms with Gasteiger partial charge in [0.25, 0.3) is 11.2 Å². The maximum atomic E-state index is 13.8. The van der Waals surface area contributed by atoms with Gasteiger partial charge < -0.3 is 9.88 Å². The molecular formula is C25H22FN5O3. The lowest BCUT2D eigenvalue weighted by Crippen LogP contribution is -2.49. The van der Waals surface area contributed by atoms with Gasteiger partial charge in [0.2, 0.25) is 0 Å². The van der Waals surface area contributed by atoms with Gasteiger partial charge in [-0.05, 0) is 54.8 Å². The first-order valence-corrected chi connectivity index (χ1v) is 11.1. The van der Waals surface area contributed by atoms with Gasteiger partial charge in [0.15, 0.2) is 0 Å². The Kier molecular flexibility index (Phi) is 5.59. The molecule has 0 bridgehead atoms. The van der Waals surface area contributed by atoms with E-state index >= 15 is 0 Å². The van der Waals surface area contributed by atoms with Crippen molar-refractivity contribution in [3.8, 4) is 6.07 Å². The molecule has 172 valence electrons. The molecule has 3 aromatic rings. The average molecular weight is 459 g/mol. The minimum atomic E-state index is -0.808. The van der Waals surface area contributed by atoms with E-state index in [1.54, 1.807) is 6.07 Å². The molecule has 1 saturated heterocycles. The summed E-state index contributed by atoms with van der Waals surface area (Å²) >= 11 is 0. The Balaban J connectivity index is 1.34. The molecule has 2 aliphatic rings. The molecular weight excluding hydrogens is 437 g/mol. The van der Waals surface area contributed by atoms with Crippen LogP contribution in [0.15, 0.2) is 53.3 Å². The Bertz CT molecular complexity index is 1400. The first kappa shape index (κ1) is 21.8. The van der Waals surface area contributed by atoms with Crippen LogP contribution in [-0.4, -0.2) is 47.0 Å². The van der Waals surface area contributed by atoms with Gasteiger partial charge in [-0.25, -0.2) is 4.39 Å². The lowest BCUT2D eigenvalue weighted by Gasteiger charge is -2.38. The molecule has 5 rings (SSSR count). The van der Waals surface area contributed by atoms with E-state index in [-0.39, 0.29) is 16.8 Å². The van der Waals surface area contributed by atoms with Crippen LogP contribution in [0.3, 0.4) is 0 Å². The Hall–Kier alpha value is -4.03. The molecule has 34 heavy (non-hydrogen) atoms. The fourth-order valence-electron chi connectivity index (χ4n) is 4.91. The van der Waals surface area contributed by atoms with Crippen molar-refractivity contribution in [2.45, 2.75) is 18.9 Å². The van der Waals surface area contributed by atoms with Crippen LogP contribution in [0, 0.1) is 27.3 Å². The lowest BCUT2D eigenvalue weighted by molar-refractivity contribution is -0.383. The van der Waals surface area contributed by atoms with E-state index in [1.807, 2.05) is 24.3 Å². The number of nitro benzene ring substituents is 1. The summed E-state index contributed by atoms with van der Waals surface area (Å²) in [5, 5.41) is 20.5. The van der Waals surface area contributed by atoms with E-state index in [2.05, 4.69) is 26.9 Å². The molecule has 8 nitrogen and oxygen atoms in total. The van der Waals surface area contributed by atoms with Gasteiger partial charge in [0, 0.05) is 43.6 Å². The highest BCUT2D eigenvalue weighted by atomic mass is 19.1. The fraction of sp³-hybridized carbons (Fsp3) is 0.280. The number of pyridine rings is 1. The third kappa shape index (κ3) is 4.04. The highest BCUT2D eigenvalue weighted by Gasteiger charge is 2.27. The number of benzene rings is 2. The van der Waals surface area contributed by atoms with Crippen molar-refractivity contribution >= 4 is 27.7 Å². The number of aromatic nitrogens is 1. The smallest absolute Gasteiger partial charge is 0.280 e. The number of halogens is 1. The number of H-pyrrole nitrogens is 1. The normalized spacial score (nSPS) is 18.6. The summed E-state index contributed by atoms with van der Waals surface area (Å²) in [5.74, 6) is -0.808. The summed E-state index contributed by atoms with van der Waals surface area (Å²) in [7, 11) is 0. The number of non-ortho nitro benzene ring substituents is 1.